The number of aromatic nitrogens is 4. The highest BCUT2D eigenvalue weighted by Gasteiger charge is 2.24. The van der Waals surface area contributed by atoms with Gasteiger partial charge in [0.2, 0.25) is 5.95 Å². The molecule has 1 aromatic rings. The summed E-state index contributed by atoms with van der Waals surface area (Å²) >= 11 is 0. The number of tetrazole rings is 1. The maximum atomic E-state index is 7.45. The van der Waals surface area contributed by atoms with Gasteiger partial charge in [-0.1, -0.05) is 5.10 Å². The molecule has 82 valence electrons. The van der Waals surface area contributed by atoms with Crippen molar-refractivity contribution in [2.45, 2.75) is 12.8 Å². The molecule has 7 heteroatoms. The van der Waals surface area contributed by atoms with Gasteiger partial charge in [0.05, 0.1) is 5.84 Å². The van der Waals surface area contributed by atoms with Crippen molar-refractivity contribution in [1.29, 1.82) is 5.41 Å². The smallest absolute Gasteiger partial charge is 0.245 e. The van der Waals surface area contributed by atoms with Gasteiger partial charge in [-0.2, -0.15) is 0 Å². The summed E-state index contributed by atoms with van der Waals surface area (Å²) in [5.74, 6) is 1.14. The molecule has 0 aliphatic carbocycles. The zero-order valence-corrected chi connectivity index (χ0v) is 8.72. The number of hydrogen-bond donors (Lipinski definition) is 2. The van der Waals surface area contributed by atoms with Crippen LogP contribution in [0, 0.1) is 11.3 Å². The molecular weight excluding hydrogens is 194 g/mol. The molecule has 1 aromatic heterocycles. The van der Waals surface area contributed by atoms with Gasteiger partial charge in [0, 0.05) is 26.1 Å². The fraction of sp³-hybridized carbons (Fsp3) is 0.750. The highest BCUT2D eigenvalue weighted by Crippen LogP contribution is 2.19. The van der Waals surface area contributed by atoms with E-state index in [-0.39, 0.29) is 11.8 Å². The van der Waals surface area contributed by atoms with Crippen LogP contribution in [0.25, 0.3) is 0 Å². The molecule has 1 saturated heterocycles. The third kappa shape index (κ3) is 1.90. The van der Waals surface area contributed by atoms with Crippen molar-refractivity contribution < 1.29 is 0 Å². The Morgan fingerprint density at radius 1 is 1.60 bits per heavy atom. The molecule has 2 heterocycles. The van der Waals surface area contributed by atoms with E-state index < -0.39 is 0 Å². The number of amidine groups is 1. The Labute approximate surface area is 87.7 Å². The maximum Gasteiger partial charge on any atom is 0.245 e. The number of piperidine rings is 1. The van der Waals surface area contributed by atoms with E-state index in [1.165, 1.54) is 0 Å². The second-order valence-electron chi connectivity index (χ2n) is 3.84. The lowest BCUT2D eigenvalue weighted by Crippen LogP contribution is -2.42. The first-order chi connectivity index (χ1) is 7.18. The van der Waals surface area contributed by atoms with Gasteiger partial charge in [0.25, 0.3) is 0 Å². The molecule has 1 aliphatic rings. The largest absolute Gasteiger partial charge is 0.387 e. The number of nitrogens with one attached hydrogen (secondary N) is 1. The Balaban J connectivity index is 2.11. The third-order valence-corrected chi connectivity index (χ3v) is 2.74. The molecule has 2 rings (SSSR count). The highest BCUT2D eigenvalue weighted by molar-refractivity contribution is 5.80. The molecule has 3 N–H and O–H groups in total. The van der Waals surface area contributed by atoms with Gasteiger partial charge in [0.1, 0.15) is 0 Å². The predicted octanol–water partition coefficient (Wildman–Crippen LogP) is -0.638. The summed E-state index contributed by atoms with van der Waals surface area (Å²) in [4.78, 5) is 2.08. The summed E-state index contributed by atoms with van der Waals surface area (Å²) in [5.41, 5.74) is 5.52. The topological polar surface area (TPSA) is 96.7 Å². The summed E-state index contributed by atoms with van der Waals surface area (Å²) in [6.07, 6.45) is 2.01. The summed E-state index contributed by atoms with van der Waals surface area (Å²) in [5, 5.41) is 18.8. The quantitative estimate of drug-likeness (QED) is 0.499. The SMILES string of the molecule is Cn1nnnc1N1CCCC(C(=N)N)C1. The van der Waals surface area contributed by atoms with Crippen LogP contribution in [-0.4, -0.2) is 39.1 Å². The van der Waals surface area contributed by atoms with Gasteiger partial charge in [-0.05, 0) is 23.3 Å². The first-order valence-corrected chi connectivity index (χ1v) is 4.99. The zero-order valence-electron chi connectivity index (χ0n) is 8.72. The summed E-state index contributed by atoms with van der Waals surface area (Å²) in [6, 6.07) is 0. The molecule has 0 spiro atoms. The summed E-state index contributed by atoms with van der Waals surface area (Å²) in [7, 11) is 1.81. The van der Waals surface area contributed by atoms with Crippen LogP contribution in [0.3, 0.4) is 0 Å². The second-order valence-corrected chi connectivity index (χ2v) is 3.84. The average Bonchev–Trinajstić information content (AvgIpc) is 2.64. The molecule has 15 heavy (non-hydrogen) atoms. The lowest BCUT2D eigenvalue weighted by molar-refractivity contribution is 0.490. The third-order valence-electron chi connectivity index (χ3n) is 2.74. The first-order valence-electron chi connectivity index (χ1n) is 4.99. The lowest BCUT2D eigenvalue weighted by Gasteiger charge is -2.31. The second kappa shape index (κ2) is 3.84. The Hall–Kier alpha value is -1.66. The van der Waals surface area contributed by atoms with E-state index in [0.29, 0.717) is 0 Å². The molecule has 1 unspecified atom stereocenters. The number of hydrogen-bond acceptors (Lipinski definition) is 5. The minimum atomic E-state index is 0.135. The number of rotatable bonds is 2. The van der Waals surface area contributed by atoms with Crippen LogP contribution in [-0.2, 0) is 7.05 Å². The van der Waals surface area contributed by atoms with Crippen molar-refractivity contribution in [3.63, 3.8) is 0 Å². The molecule has 0 saturated carbocycles. The van der Waals surface area contributed by atoms with E-state index in [1.54, 1.807) is 4.68 Å². The predicted molar refractivity (Wildman–Crippen MR) is 55.6 cm³/mol. The summed E-state index contributed by atoms with van der Waals surface area (Å²) in [6.45, 7) is 1.67. The van der Waals surface area contributed by atoms with E-state index >= 15 is 0 Å². The van der Waals surface area contributed by atoms with Crippen molar-refractivity contribution in [1.82, 2.24) is 20.2 Å². The van der Waals surface area contributed by atoms with Gasteiger partial charge in [-0.15, -0.1) is 0 Å². The Kier molecular flexibility index (Phi) is 2.53. The van der Waals surface area contributed by atoms with Crippen molar-refractivity contribution in [3.8, 4) is 0 Å². The average molecular weight is 209 g/mol. The van der Waals surface area contributed by atoms with Crippen LogP contribution < -0.4 is 10.6 Å². The molecule has 0 bridgehead atoms. The normalized spacial score (nSPS) is 21.7. The number of nitrogens with zero attached hydrogens (tertiary/aromatic N) is 5. The van der Waals surface area contributed by atoms with Crippen molar-refractivity contribution in [2.24, 2.45) is 18.7 Å². The Bertz CT molecular complexity index is 358. The molecule has 0 radical (unpaired) electrons. The van der Waals surface area contributed by atoms with Crippen LogP contribution in [0.2, 0.25) is 0 Å². The van der Waals surface area contributed by atoms with E-state index in [2.05, 4.69) is 20.4 Å². The van der Waals surface area contributed by atoms with Gasteiger partial charge in [-0.3, -0.25) is 5.41 Å². The van der Waals surface area contributed by atoms with Crippen LogP contribution in [0.15, 0.2) is 0 Å². The maximum absolute atomic E-state index is 7.45. The fourth-order valence-corrected chi connectivity index (χ4v) is 1.91. The van der Waals surface area contributed by atoms with Crippen LogP contribution in [0.5, 0.6) is 0 Å². The lowest BCUT2D eigenvalue weighted by atomic mass is 9.97. The number of nitrogens with two attached hydrogens (primary N) is 1. The first kappa shape index (κ1) is 9.88. The van der Waals surface area contributed by atoms with Gasteiger partial charge in [-0.25, -0.2) is 4.68 Å². The molecule has 1 atom stereocenters. The zero-order chi connectivity index (χ0) is 10.8. The molecular formula is C8H15N7. The summed E-state index contributed by atoms with van der Waals surface area (Å²) < 4.78 is 1.64. The minimum Gasteiger partial charge on any atom is -0.387 e. The van der Waals surface area contributed by atoms with E-state index in [4.69, 9.17) is 11.1 Å². The minimum absolute atomic E-state index is 0.135. The molecule has 1 aliphatic heterocycles. The Morgan fingerprint density at radius 3 is 3.00 bits per heavy atom. The van der Waals surface area contributed by atoms with E-state index in [0.717, 1.165) is 31.9 Å². The monoisotopic (exact) mass is 209 g/mol. The standard InChI is InChI=1S/C8H15N7/c1-14-8(11-12-13-14)15-4-2-3-6(5-15)7(9)10/h6H,2-5H2,1H3,(H3,9,10). The number of anilines is 1. The van der Waals surface area contributed by atoms with Gasteiger partial charge >= 0.3 is 0 Å². The molecule has 7 nitrogen and oxygen atoms in total. The van der Waals surface area contributed by atoms with Crippen molar-refractivity contribution in [3.05, 3.63) is 0 Å². The van der Waals surface area contributed by atoms with E-state index in [1.807, 2.05) is 7.05 Å². The van der Waals surface area contributed by atoms with Gasteiger partial charge < -0.3 is 10.6 Å². The number of aryl methyl sites for hydroxylation is 1. The van der Waals surface area contributed by atoms with Crippen LogP contribution >= 0.6 is 0 Å². The van der Waals surface area contributed by atoms with Crippen molar-refractivity contribution in [2.75, 3.05) is 18.0 Å². The van der Waals surface area contributed by atoms with Gasteiger partial charge in [0.15, 0.2) is 0 Å². The molecule has 0 amide bonds. The van der Waals surface area contributed by atoms with Crippen LogP contribution in [0.4, 0.5) is 5.95 Å². The fourth-order valence-electron chi connectivity index (χ4n) is 1.91. The highest BCUT2D eigenvalue weighted by atomic mass is 15.6. The molecule has 1 fully saturated rings. The van der Waals surface area contributed by atoms with Crippen molar-refractivity contribution >= 4 is 11.8 Å². The van der Waals surface area contributed by atoms with E-state index in [9.17, 15) is 0 Å². The molecule has 0 aromatic carbocycles. The van der Waals surface area contributed by atoms with Crippen LogP contribution in [0.1, 0.15) is 12.8 Å². The Morgan fingerprint density at radius 2 is 2.40 bits per heavy atom.